The number of rotatable bonds is 3. The molecular weight excluding hydrogens is 222 g/mol. The zero-order valence-corrected chi connectivity index (χ0v) is 10.5. The summed E-state index contributed by atoms with van der Waals surface area (Å²) in [5.74, 6) is -0.561. The summed E-state index contributed by atoms with van der Waals surface area (Å²) in [6, 6.07) is 0. The van der Waals surface area contributed by atoms with Crippen LogP contribution in [0.1, 0.15) is 33.1 Å². The van der Waals surface area contributed by atoms with E-state index in [2.05, 4.69) is 5.32 Å². The lowest BCUT2D eigenvalue weighted by Gasteiger charge is -2.22. The highest BCUT2D eigenvalue weighted by Crippen LogP contribution is 2.21. The standard InChI is InChI=1S/C12H21NO4/c1-12(2)16-8-9(17-12)7-13-11(14)10-5-3-4-6-15-10/h9-10H,3-8H2,1-2H3,(H,13,14). The predicted octanol–water partition coefficient (Wildman–Crippen LogP) is 0.823. The van der Waals surface area contributed by atoms with Crippen molar-refractivity contribution in [2.75, 3.05) is 19.8 Å². The third-order valence-electron chi connectivity index (χ3n) is 3.04. The van der Waals surface area contributed by atoms with Crippen molar-refractivity contribution in [3.05, 3.63) is 0 Å². The Balaban J connectivity index is 1.69. The minimum atomic E-state index is -0.531. The fourth-order valence-corrected chi connectivity index (χ4v) is 2.14. The first-order valence-corrected chi connectivity index (χ1v) is 6.28. The van der Waals surface area contributed by atoms with Crippen molar-refractivity contribution < 1.29 is 19.0 Å². The van der Waals surface area contributed by atoms with Gasteiger partial charge in [0, 0.05) is 13.2 Å². The van der Waals surface area contributed by atoms with Crippen molar-refractivity contribution in [1.29, 1.82) is 0 Å². The molecule has 0 aromatic rings. The molecule has 0 bridgehead atoms. The van der Waals surface area contributed by atoms with Gasteiger partial charge in [-0.15, -0.1) is 0 Å². The van der Waals surface area contributed by atoms with E-state index in [1.165, 1.54) is 0 Å². The van der Waals surface area contributed by atoms with Gasteiger partial charge in [0.25, 0.3) is 0 Å². The average molecular weight is 243 g/mol. The Morgan fingerprint density at radius 1 is 1.41 bits per heavy atom. The van der Waals surface area contributed by atoms with Gasteiger partial charge in [-0.2, -0.15) is 0 Å². The van der Waals surface area contributed by atoms with Crippen LogP contribution in [0, 0.1) is 0 Å². The van der Waals surface area contributed by atoms with Gasteiger partial charge in [-0.1, -0.05) is 0 Å². The first kappa shape index (κ1) is 12.8. The Labute approximate surface area is 102 Å². The maximum absolute atomic E-state index is 11.8. The molecule has 2 unspecified atom stereocenters. The Bertz CT molecular complexity index is 274. The van der Waals surface area contributed by atoms with Crippen molar-refractivity contribution in [3.8, 4) is 0 Å². The highest BCUT2D eigenvalue weighted by molar-refractivity contribution is 5.80. The third-order valence-corrected chi connectivity index (χ3v) is 3.04. The quantitative estimate of drug-likeness (QED) is 0.797. The molecule has 2 heterocycles. The maximum atomic E-state index is 11.8. The van der Waals surface area contributed by atoms with Crippen LogP contribution in [0.4, 0.5) is 0 Å². The Kier molecular flexibility index (Phi) is 4.01. The molecule has 0 radical (unpaired) electrons. The summed E-state index contributed by atoms with van der Waals surface area (Å²) in [5, 5.41) is 2.86. The normalized spacial score (nSPS) is 32.4. The van der Waals surface area contributed by atoms with Crippen LogP contribution < -0.4 is 5.32 Å². The fraction of sp³-hybridized carbons (Fsp3) is 0.917. The summed E-state index contributed by atoms with van der Waals surface area (Å²) >= 11 is 0. The van der Waals surface area contributed by atoms with Crippen LogP contribution >= 0.6 is 0 Å². The van der Waals surface area contributed by atoms with Gasteiger partial charge in [-0.05, 0) is 33.1 Å². The molecule has 98 valence electrons. The molecule has 0 spiro atoms. The number of hydrogen-bond acceptors (Lipinski definition) is 4. The van der Waals surface area contributed by atoms with Gasteiger partial charge in [0.05, 0.1) is 6.61 Å². The summed E-state index contributed by atoms with van der Waals surface area (Å²) in [6.07, 6.45) is 2.60. The second kappa shape index (κ2) is 5.33. The molecule has 5 nitrogen and oxygen atoms in total. The van der Waals surface area contributed by atoms with E-state index < -0.39 is 5.79 Å². The molecule has 0 aromatic carbocycles. The summed E-state index contributed by atoms with van der Waals surface area (Å²) in [5.41, 5.74) is 0. The van der Waals surface area contributed by atoms with E-state index in [0.29, 0.717) is 19.8 Å². The van der Waals surface area contributed by atoms with Crippen molar-refractivity contribution in [1.82, 2.24) is 5.32 Å². The minimum absolute atomic E-state index is 0.0296. The van der Waals surface area contributed by atoms with Gasteiger partial charge < -0.3 is 19.5 Å². The molecule has 2 fully saturated rings. The van der Waals surface area contributed by atoms with Crippen LogP contribution in [-0.4, -0.2) is 43.7 Å². The van der Waals surface area contributed by atoms with Gasteiger partial charge in [0.2, 0.25) is 5.91 Å². The first-order chi connectivity index (χ1) is 8.07. The van der Waals surface area contributed by atoms with E-state index in [1.54, 1.807) is 0 Å². The van der Waals surface area contributed by atoms with Gasteiger partial charge in [0.1, 0.15) is 12.2 Å². The fourth-order valence-electron chi connectivity index (χ4n) is 2.14. The molecule has 0 saturated carbocycles. The zero-order chi connectivity index (χ0) is 12.3. The van der Waals surface area contributed by atoms with Crippen molar-refractivity contribution >= 4 is 5.91 Å². The lowest BCUT2D eigenvalue weighted by molar-refractivity contribution is -0.142. The predicted molar refractivity (Wildman–Crippen MR) is 61.5 cm³/mol. The average Bonchev–Trinajstić information content (AvgIpc) is 2.67. The Morgan fingerprint density at radius 2 is 2.24 bits per heavy atom. The van der Waals surface area contributed by atoms with Crippen LogP contribution in [0.3, 0.4) is 0 Å². The highest BCUT2D eigenvalue weighted by Gasteiger charge is 2.33. The summed E-state index contributed by atoms with van der Waals surface area (Å²) in [7, 11) is 0. The van der Waals surface area contributed by atoms with E-state index in [0.717, 1.165) is 19.3 Å². The van der Waals surface area contributed by atoms with E-state index in [9.17, 15) is 4.79 Å². The summed E-state index contributed by atoms with van der Waals surface area (Å²) < 4.78 is 16.4. The number of amides is 1. The third kappa shape index (κ3) is 3.66. The van der Waals surface area contributed by atoms with E-state index in [1.807, 2.05) is 13.8 Å². The van der Waals surface area contributed by atoms with Gasteiger partial charge in [-0.3, -0.25) is 4.79 Å². The number of hydrogen-bond donors (Lipinski definition) is 1. The van der Waals surface area contributed by atoms with Crippen molar-refractivity contribution in [2.45, 2.75) is 51.1 Å². The van der Waals surface area contributed by atoms with Gasteiger partial charge >= 0.3 is 0 Å². The lowest BCUT2D eigenvalue weighted by Crippen LogP contribution is -2.42. The molecule has 2 aliphatic heterocycles. The molecule has 17 heavy (non-hydrogen) atoms. The van der Waals surface area contributed by atoms with Crippen LogP contribution in [0.25, 0.3) is 0 Å². The largest absolute Gasteiger partial charge is 0.368 e. The Morgan fingerprint density at radius 3 is 2.82 bits per heavy atom. The second-order valence-corrected chi connectivity index (χ2v) is 5.05. The van der Waals surface area contributed by atoms with E-state index >= 15 is 0 Å². The number of carbonyl (C=O) groups excluding carboxylic acids is 1. The van der Waals surface area contributed by atoms with Crippen molar-refractivity contribution in [3.63, 3.8) is 0 Å². The highest BCUT2D eigenvalue weighted by atomic mass is 16.7. The maximum Gasteiger partial charge on any atom is 0.249 e. The molecule has 2 saturated heterocycles. The van der Waals surface area contributed by atoms with E-state index in [-0.39, 0.29) is 18.1 Å². The smallest absolute Gasteiger partial charge is 0.249 e. The Hall–Kier alpha value is -0.650. The molecular formula is C12H21NO4. The second-order valence-electron chi connectivity index (χ2n) is 5.05. The van der Waals surface area contributed by atoms with Crippen LogP contribution in [-0.2, 0) is 19.0 Å². The molecule has 5 heteroatoms. The van der Waals surface area contributed by atoms with Crippen LogP contribution in [0.15, 0.2) is 0 Å². The van der Waals surface area contributed by atoms with Gasteiger partial charge in [0.15, 0.2) is 5.79 Å². The van der Waals surface area contributed by atoms with Crippen molar-refractivity contribution in [2.24, 2.45) is 0 Å². The first-order valence-electron chi connectivity index (χ1n) is 6.28. The molecule has 1 amide bonds. The number of nitrogens with one attached hydrogen (secondary N) is 1. The molecule has 2 atom stereocenters. The summed E-state index contributed by atoms with van der Waals surface area (Å²) in [4.78, 5) is 11.8. The zero-order valence-electron chi connectivity index (χ0n) is 10.5. The monoisotopic (exact) mass is 243 g/mol. The molecule has 0 aromatic heterocycles. The molecule has 2 rings (SSSR count). The topological polar surface area (TPSA) is 56.8 Å². The molecule has 2 aliphatic rings. The molecule has 0 aliphatic carbocycles. The summed E-state index contributed by atoms with van der Waals surface area (Å²) in [6.45, 7) is 5.45. The number of carbonyl (C=O) groups is 1. The van der Waals surface area contributed by atoms with Crippen LogP contribution in [0.2, 0.25) is 0 Å². The van der Waals surface area contributed by atoms with Gasteiger partial charge in [-0.25, -0.2) is 0 Å². The van der Waals surface area contributed by atoms with E-state index in [4.69, 9.17) is 14.2 Å². The minimum Gasteiger partial charge on any atom is -0.368 e. The molecule has 1 N–H and O–H groups in total. The number of ether oxygens (including phenoxy) is 3. The van der Waals surface area contributed by atoms with Crippen LogP contribution in [0.5, 0.6) is 0 Å². The lowest BCUT2D eigenvalue weighted by atomic mass is 10.1. The SMILES string of the molecule is CC1(C)OCC(CNC(=O)C2CCCCO2)O1.